The highest BCUT2D eigenvalue weighted by atomic mass is 28.4. The fourth-order valence-electron chi connectivity index (χ4n) is 6.74. The molecule has 0 spiro atoms. The molecule has 0 saturated carbocycles. The summed E-state index contributed by atoms with van der Waals surface area (Å²) < 4.78 is 18.0. The molecule has 6 heteroatoms. The zero-order valence-corrected chi connectivity index (χ0v) is 22.9. The van der Waals surface area contributed by atoms with Crippen LogP contribution in [-0.4, -0.2) is 64.7 Å². The van der Waals surface area contributed by atoms with Gasteiger partial charge < -0.3 is 18.2 Å². The molecule has 5 nitrogen and oxygen atoms in total. The van der Waals surface area contributed by atoms with Gasteiger partial charge in [0.2, 0.25) is 0 Å². The van der Waals surface area contributed by atoms with Crippen molar-refractivity contribution < 1.29 is 13.3 Å². The van der Waals surface area contributed by atoms with Crippen molar-refractivity contribution in [1.82, 2.24) is 9.80 Å². The van der Waals surface area contributed by atoms with Gasteiger partial charge in [-0.15, -0.1) is 0 Å². The first kappa shape index (κ1) is 25.7. The Morgan fingerprint density at radius 3 is 2.34 bits per heavy atom. The summed E-state index contributed by atoms with van der Waals surface area (Å²) in [6.45, 7) is 18.6. The van der Waals surface area contributed by atoms with Gasteiger partial charge in [-0.1, -0.05) is 44.1 Å². The van der Waals surface area contributed by atoms with E-state index < -0.39 is 8.80 Å². The molecule has 5 atom stereocenters. The Bertz CT molecular complexity index is 758. The van der Waals surface area contributed by atoms with Crippen molar-refractivity contribution in [2.75, 3.05) is 34.0 Å². The van der Waals surface area contributed by atoms with Crippen molar-refractivity contribution in [3.05, 3.63) is 34.6 Å². The Morgan fingerprint density at radius 1 is 1.09 bits per heavy atom. The summed E-state index contributed by atoms with van der Waals surface area (Å²) in [4.78, 5) is 5.38. The number of rotatable bonds is 8. The Kier molecular flexibility index (Phi) is 8.48. The van der Waals surface area contributed by atoms with E-state index in [2.05, 4.69) is 63.5 Å². The van der Waals surface area contributed by atoms with Gasteiger partial charge in [-0.25, -0.2) is 0 Å². The number of nitrogens with zero attached hydrogens (tertiary/aromatic N) is 2. The van der Waals surface area contributed by atoms with Crippen molar-refractivity contribution in [1.29, 1.82) is 0 Å². The van der Waals surface area contributed by atoms with Crippen LogP contribution in [0.4, 0.5) is 0 Å². The lowest BCUT2D eigenvalue weighted by molar-refractivity contribution is 0.0845. The minimum Gasteiger partial charge on any atom is -0.377 e. The molecular weight excluding hydrogens is 416 g/mol. The summed E-state index contributed by atoms with van der Waals surface area (Å²) in [7, 11) is 0.793. The van der Waals surface area contributed by atoms with E-state index in [1.165, 1.54) is 28.8 Å². The summed E-state index contributed by atoms with van der Waals surface area (Å²) in [5.74, 6) is 1.84. The molecule has 1 saturated heterocycles. The smallest absolute Gasteiger partial charge is 0.377 e. The first-order chi connectivity index (χ1) is 15.1. The first-order valence-electron chi connectivity index (χ1n) is 12.5. The molecule has 3 aliphatic rings. The van der Waals surface area contributed by atoms with Gasteiger partial charge in [-0.3, -0.25) is 4.90 Å². The van der Waals surface area contributed by atoms with E-state index in [1.54, 1.807) is 14.2 Å². The van der Waals surface area contributed by atoms with Gasteiger partial charge >= 0.3 is 8.80 Å². The van der Waals surface area contributed by atoms with Crippen LogP contribution < -0.4 is 0 Å². The normalized spacial score (nSPS) is 32.4. The second-order valence-corrected chi connectivity index (χ2v) is 13.3. The lowest BCUT2D eigenvalue weighted by Gasteiger charge is -2.42. The van der Waals surface area contributed by atoms with E-state index in [9.17, 15) is 0 Å². The van der Waals surface area contributed by atoms with E-state index in [0.717, 1.165) is 25.7 Å². The van der Waals surface area contributed by atoms with E-state index in [1.807, 2.05) is 6.92 Å². The van der Waals surface area contributed by atoms with Crippen LogP contribution in [0.1, 0.15) is 61.3 Å². The van der Waals surface area contributed by atoms with Gasteiger partial charge in [0.15, 0.2) is 0 Å². The third kappa shape index (κ3) is 5.25. The van der Waals surface area contributed by atoms with Crippen molar-refractivity contribution in [3.63, 3.8) is 0 Å². The maximum atomic E-state index is 6.15. The highest BCUT2D eigenvalue weighted by Gasteiger charge is 2.48. The van der Waals surface area contributed by atoms with E-state index in [4.69, 9.17) is 13.3 Å². The molecule has 0 aromatic carbocycles. The van der Waals surface area contributed by atoms with Gasteiger partial charge in [0.1, 0.15) is 0 Å². The molecule has 1 heterocycles. The number of hydrogen-bond donors (Lipinski definition) is 0. The molecule has 0 aromatic rings. The molecule has 2 aliphatic carbocycles. The molecule has 1 fully saturated rings. The van der Waals surface area contributed by atoms with Crippen LogP contribution in [0.3, 0.4) is 0 Å². The molecule has 1 aliphatic heterocycles. The lowest BCUT2D eigenvalue weighted by atomic mass is 9.80. The SMILES string of the molecule is CCO[Si](CC1CN(C2=C(C)C=C(C)CC2C)CN1[C@H]1C(C)=C[C@@H](C)C[C@H]1C)(OC)OC. The molecule has 0 N–H and O–H groups in total. The van der Waals surface area contributed by atoms with Crippen molar-refractivity contribution >= 4 is 8.80 Å². The van der Waals surface area contributed by atoms with Gasteiger partial charge in [-0.2, -0.15) is 0 Å². The lowest BCUT2D eigenvalue weighted by Crippen LogP contribution is -2.53. The third-order valence-corrected chi connectivity index (χ3v) is 10.6. The average molecular weight is 463 g/mol. The minimum absolute atomic E-state index is 0.344. The Hall–Kier alpha value is -0.923. The van der Waals surface area contributed by atoms with E-state index in [-0.39, 0.29) is 0 Å². The fourth-order valence-corrected chi connectivity index (χ4v) is 8.97. The second kappa shape index (κ2) is 10.6. The summed E-state index contributed by atoms with van der Waals surface area (Å²) in [5.41, 5.74) is 5.94. The molecule has 32 heavy (non-hydrogen) atoms. The van der Waals surface area contributed by atoms with Crippen molar-refractivity contribution in [3.8, 4) is 0 Å². The van der Waals surface area contributed by atoms with Gasteiger partial charge in [0, 0.05) is 57.1 Å². The standard InChI is InChI=1S/C26H46N2O3Si/c1-10-31-32(29-8,30-9)16-24-15-27(25-20(4)11-18(2)12-21(25)5)17-28(24)26-22(6)13-19(3)14-23(26)7/h11,13,19,21,23-24,26H,10,12,14-17H2,1-9H3/t19-,21?,23-,24?,26+/m1/s1. The van der Waals surface area contributed by atoms with E-state index >= 15 is 0 Å². The van der Waals surface area contributed by atoms with Crippen LogP contribution >= 0.6 is 0 Å². The summed E-state index contributed by atoms with van der Waals surface area (Å²) in [5, 5.41) is 0. The van der Waals surface area contributed by atoms with Crippen LogP contribution in [0, 0.1) is 17.8 Å². The van der Waals surface area contributed by atoms with Crippen LogP contribution in [-0.2, 0) is 13.3 Å². The maximum absolute atomic E-state index is 6.15. The van der Waals surface area contributed by atoms with Crippen molar-refractivity contribution in [2.24, 2.45) is 17.8 Å². The van der Waals surface area contributed by atoms with Gasteiger partial charge in [-0.05, 0) is 57.9 Å². The highest BCUT2D eigenvalue weighted by molar-refractivity contribution is 6.60. The van der Waals surface area contributed by atoms with Crippen molar-refractivity contribution in [2.45, 2.75) is 79.4 Å². The van der Waals surface area contributed by atoms with Crippen LogP contribution in [0.2, 0.25) is 6.04 Å². The first-order valence-corrected chi connectivity index (χ1v) is 14.4. The van der Waals surface area contributed by atoms with Crippen LogP contribution in [0.15, 0.2) is 34.6 Å². The maximum Gasteiger partial charge on any atom is 0.502 e. The zero-order chi connectivity index (χ0) is 23.6. The number of allylic oxidation sites excluding steroid dienone is 5. The molecule has 0 bridgehead atoms. The zero-order valence-electron chi connectivity index (χ0n) is 21.9. The largest absolute Gasteiger partial charge is 0.502 e. The molecule has 0 radical (unpaired) electrons. The minimum atomic E-state index is -2.71. The van der Waals surface area contributed by atoms with Crippen LogP contribution in [0.5, 0.6) is 0 Å². The predicted molar refractivity (Wildman–Crippen MR) is 134 cm³/mol. The van der Waals surface area contributed by atoms with Crippen LogP contribution in [0.25, 0.3) is 0 Å². The quantitative estimate of drug-likeness (QED) is 0.354. The Morgan fingerprint density at radius 2 is 1.78 bits per heavy atom. The summed E-state index contributed by atoms with van der Waals surface area (Å²) in [6.07, 6.45) is 7.27. The topological polar surface area (TPSA) is 34.2 Å². The molecule has 2 unspecified atom stereocenters. The molecule has 0 amide bonds. The molecule has 0 aromatic heterocycles. The molecular formula is C26H46N2O3Si. The summed E-state index contributed by atoms with van der Waals surface area (Å²) >= 11 is 0. The highest BCUT2D eigenvalue weighted by Crippen LogP contribution is 2.40. The molecule has 182 valence electrons. The Labute approximate surface area is 197 Å². The third-order valence-electron chi connectivity index (χ3n) is 7.66. The fraction of sp³-hybridized carbons (Fsp3) is 0.769. The molecule has 3 rings (SSSR count). The van der Waals surface area contributed by atoms with E-state index in [0.29, 0.717) is 36.4 Å². The number of hydrogen-bond acceptors (Lipinski definition) is 5. The monoisotopic (exact) mass is 462 g/mol. The predicted octanol–water partition coefficient (Wildman–Crippen LogP) is 5.45. The summed E-state index contributed by atoms with van der Waals surface area (Å²) in [6, 6.07) is 1.63. The average Bonchev–Trinajstić information content (AvgIpc) is 3.08. The van der Waals surface area contributed by atoms with Gasteiger partial charge in [0.25, 0.3) is 0 Å². The second-order valence-electron chi connectivity index (χ2n) is 10.5. The van der Waals surface area contributed by atoms with Gasteiger partial charge in [0.05, 0.1) is 6.67 Å². The Balaban J connectivity index is 1.96.